The Hall–Kier alpha value is -2.48. The highest BCUT2D eigenvalue weighted by molar-refractivity contribution is 7.52. The Kier molecular flexibility index (Phi) is 10.9. The minimum Gasteiger partial charge on any atom is -0.320 e. The largest absolute Gasteiger partial charge is 0.320 e. The van der Waals surface area contributed by atoms with E-state index in [-0.39, 0.29) is 12.1 Å². The first-order valence-electron chi connectivity index (χ1n) is 9.68. The molecule has 4 rings (SSSR count). The van der Waals surface area contributed by atoms with Crippen molar-refractivity contribution >= 4 is 19.8 Å². The minimum atomic E-state index is -0.0163. The zero-order valence-electron chi connectivity index (χ0n) is 16.8. The van der Waals surface area contributed by atoms with Gasteiger partial charge in [-0.05, 0) is 30.8 Å². The Labute approximate surface area is 186 Å². The average Bonchev–Trinajstić information content (AvgIpc) is 2.87. The van der Waals surface area contributed by atoms with Crippen LogP contribution in [0.5, 0.6) is 0 Å². The summed E-state index contributed by atoms with van der Waals surface area (Å²) in [6, 6.07) is 40.5. The van der Waals surface area contributed by atoms with E-state index in [4.69, 9.17) is 11.5 Å². The standard InChI is InChI=1S/2C13H13N.ClH2P/c2*14-13(11-7-3-1-4-8-11)12-9-5-2-6-10-12;1-2/h2*1-10,13H,14H2;2H2. The maximum Gasteiger partial charge on any atom is 0.0551 e. The van der Waals surface area contributed by atoms with Crippen molar-refractivity contribution in [2.75, 3.05) is 0 Å². The van der Waals surface area contributed by atoms with Gasteiger partial charge in [-0.1, -0.05) is 121 Å². The number of rotatable bonds is 4. The van der Waals surface area contributed by atoms with E-state index in [1.54, 1.807) is 0 Å². The highest BCUT2D eigenvalue weighted by Gasteiger charge is 2.07. The smallest absolute Gasteiger partial charge is 0.0551 e. The lowest BCUT2D eigenvalue weighted by Crippen LogP contribution is -2.11. The molecule has 2 nitrogen and oxygen atoms in total. The molecule has 0 bridgehead atoms. The lowest BCUT2D eigenvalue weighted by atomic mass is 10.00. The first-order valence-corrected chi connectivity index (χ1v) is 11.4. The molecule has 0 spiro atoms. The van der Waals surface area contributed by atoms with Crippen LogP contribution in [0, 0.1) is 0 Å². The van der Waals surface area contributed by atoms with Crippen LogP contribution in [0.4, 0.5) is 0 Å². The molecule has 30 heavy (non-hydrogen) atoms. The highest BCUT2D eigenvalue weighted by Crippen LogP contribution is 2.19. The fraction of sp³-hybridized carbons (Fsp3) is 0.0769. The fourth-order valence-corrected chi connectivity index (χ4v) is 3.03. The van der Waals surface area contributed by atoms with E-state index < -0.39 is 0 Å². The van der Waals surface area contributed by atoms with Gasteiger partial charge in [-0.25, -0.2) is 0 Å². The van der Waals surface area contributed by atoms with Crippen LogP contribution < -0.4 is 11.5 Å². The summed E-state index contributed by atoms with van der Waals surface area (Å²) in [5.41, 5.74) is 16.8. The van der Waals surface area contributed by atoms with Gasteiger partial charge in [0.1, 0.15) is 0 Å². The second-order valence-corrected chi connectivity index (χ2v) is 6.60. The SMILES string of the molecule is NC(c1ccccc1)c1ccccc1.NC(c1ccccc1)c1ccccc1.PCl. The number of nitrogens with two attached hydrogens (primary N) is 2. The van der Waals surface area contributed by atoms with Crippen LogP contribution in [-0.4, -0.2) is 0 Å². The van der Waals surface area contributed by atoms with Crippen LogP contribution in [0.3, 0.4) is 0 Å². The molecule has 4 heteroatoms. The van der Waals surface area contributed by atoms with Crippen LogP contribution in [0.25, 0.3) is 0 Å². The van der Waals surface area contributed by atoms with Crippen molar-refractivity contribution in [3.8, 4) is 0 Å². The van der Waals surface area contributed by atoms with Gasteiger partial charge in [0.15, 0.2) is 0 Å². The Bertz CT molecular complexity index is 776. The molecule has 0 heterocycles. The van der Waals surface area contributed by atoms with Crippen LogP contribution in [0.1, 0.15) is 34.3 Å². The molecule has 0 saturated carbocycles. The van der Waals surface area contributed by atoms with Gasteiger partial charge in [0.05, 0.1) is 12.1 Å². The summed E-state index contributed by atoms with van der Waals surface area (Å²) in [5, 5.41) is 0. The highest BCUT2D eigenvalue weighted by atomic mass is 35.7. The lowest BCUT2D eigenvalue weighted by molar-refractivity contribution is 0.871. The monoisotopic (exact) mass is 434 g/mol. The van der Waals surface area contributed by atoms with Gasteiger partial charge in [0, 0.05) is 0 Å². The van der Waals surface area contributed by atoms with E-state index in [1.165, 1.54) is 0 Å². The lowest BCUT2D eigenvalue weighted by Gasteiger charge is -2.11. The summed E-state index contributed by atoms with van der Waals surface area (Å²) in [4.78, 5) is 0. The first-order chi connectivity index (χ1) is 14.8. The molecule has 0 amide bonds. The minimum absolute atomic E-state index is 0.0163. The van der Waals surface area contributed by atoms with Gasteiger partial charge < -0.3 is 11.5 Å². The molecule has 0 aliphatic rings. The van der Waals surface area contributed by atoms with Crippen molar-refractivity contribution in [2.45, 2.75) is 12.1 Å². The zero-order chi connectivity index (χ0) is 21.6. The number of benzene rings is 4. The molecule has 0 fully saturated rings. The molecule has 0 aliphatic heterocycles. The summed E-state index contributed by atoms with van der Waals surface area (Å²) in [7, 11) is 1.89. The fourth-order valence-electron chi connectivity index (χ4n) is 3.03. The number of hydrogen-bond donors (Lipinski definition) is 2. The van der Waals surface area contributed by atoms with Crippen molar-refractivity contribution in [3.05, 3.63) is 144 Å². The molecule has 0 aromatic heterocycles. The maximum atomic E-state index is 6.12. The summed E-state index contributed by atoms with van der Waals surface area (Å²) < 4.78 is 0. The van der Waals surface area contributed by atoms with Crippen molar-refractivity contribution in [1.82, 2.24) is 0 Å². The third-order valence-corrected chi connectivity index (χ3v) is 4.63. The van der Waals surface area contributed by atoms with E-state index in [0.717, 1.165) is 22.3 Å². The van der Waals surface area contributed by atoms with E-state index in [1.807, 2.05) is 81.4 Å². The van der Waals surface area contributed by atoms with Crippen molar-refractivity contribution in [1.29, 1.82) is 0 Å². The second kappa shape index (κ2) is 13.7. The third kappa shape index (κ3) is 7.40. The van der Waals surface area contributed by atoms with Crippen LogP contribution >= 0.6 is 19.8 Å². The molecule has 0 saturated heterocycles. The molecule has 1 unspecified atom stereocenters. The topological polar surface area (TPSA) is 52.0 Å². The van der Waals surface area contributed by atoms with Gasteiger partial charge in [-0.2, -0.15) is 0 Å². The summed E-state index contributed by atoms with van der Waals surface area (Å²) in [6.45, 7) is 0. The van der Waals surface area contributed by atoms with Crippen LogP contribution in [0.2, 0.25) is 0 Å². The van der Waals surface area contributed by atoms with E-state index in [0.29, 0.717) is 0 Å². The predicted octanol–water partition coefficient (Wildman–Crippen LogP) is 6.48. The summed E-state index contributed by atoms with van der Waals surface area (Å²) in [6.07, 6.45) is 0. The van der Waals surface area contributed by atoms with Crippen LogP contribution in [0.15, 0.2) is 121 Å². The molecule has 4 N–H and O–H groups in total. The predicted molar refractivity (Wildman–Crippen MR) is 133 cm³/mol. The second-order valence-electron chi connectivity index (χ2n) is 6.60. The van der Waals surface area contributed by atoms with Gasteiger partial charge in [0.2, 0.25) is 0 Å². The number of hydrogen-bond acceptors (Lipinski definition) is 2. The van der Waals surface area contributed by atoms with E-state index in [2.05, 4.69) is 59.8 Å². The molecule has 4 aromatic carbocycles. The summed E-state index contributed by atoms with van der Waals surface area (Å²) >= 11 is 4.56. The Balaban J connectivity index is 0.000000197. The molecular weight excluding hydrogens is 407 g/mol. The van der Waals surface area contributed by atoms with Crippen molar-refractivity contribution in [3.63, 3.8) is 0 Å². The molecule has 1 atom stereocenters. The Morgan fingerprint density at radius 3 is 0.733 bits per heavy atom. The van der Waals surface area contributed by atoms with E-state index in [9.17, 15) is 0 Å². The number of halogens is 1. The van der Waals surface area contributed by atoms with Crippen molar-refractivity contribution < 1.29 is 0 Å². The molecule has 4 aromatic rings. The third-order valence-electron chi connectivity index (χ3n) is 4.63. The zero-order valence-corrected chi connectivity index (χ0v) is 18.7. The maximum absolute atomic E-state index is 6.12. The van der Waals surface area contributed by atoms with Gasteiger partial charge in [-0.15, -0.1) is 11.2 Å². The molecule has 0 aliphatic carbocycles. The average molecular weight is 435 g/mol. The van der Waals surface area contributed by atoms with Gasteiger partial charge in [-0.3, -0.25) is 0 Å². The van der Waals surface area contributed by atoms with Crippen molar-refractivity contribution in [2.24, 2.45) is 11.5 Å². The van der Waals surface area contributed by atoms with Crippen LogP contribution in [-0.2, 0) is 0 Å². The normalized spacial score (nSPS) is 9.93. The quantitative estimate of drug-likeness (QED) is 0.361. The first kappa shape index (κ1) is 23.8. The molecule has 154 valence electrons. The Morgan fingerprint density at radius 2 is 0.567 bits per heavy atom. The van der Waals surface area contributed by atoms with E-state index >= 15 is 0 Å². The van der Waals surface area contributed by atoms with Gasteiger partial charge >= 0.3 is 0 Å². The molecular formula is C26H28ClN2P. The van der Waals surface area contributed by atoms with Gasteiger partial charge in [0.25, 0.3) is 0 Å². The molecule has 0 radical (unpaired) electrons. The summed E-state index contributed by atoms with van der Waals surface area (Å²) in [5.74, 6) is 0. The Morgan fingerprint density at radius 1 is 0.400 bits per heavy atom.